The van der Waals surface area contributed by atoms with Crippen LogP contribution >= 0.6 is 0 Å². The average Bonchev–Trinajstić information content (AvgIpc) is 2.45. The van der Waals surface area contributed by atoms with Gasteiger partial charge in [0.25, 0.3) is 0 Å². The molecule has 1 aliphatic rings. The lowest BCUT2D eigenvalue weighted by Gasteiger charge is -2.31. The Morgan fingerprint density at radius 1 is 1.15 bits per heavy atom. The van der Waals surface area contributed by atoms with Gasteiger partial charge in [-0.1, -0.05) is 25.8 Å². The van der Waals surface area contributed by atoms with Crippen LogP contribution in [0.1, 0.15) is 46.0 Å². The van der Waals surface area contributed by atoms with Gasteiger partial charge in [0.1, 0.15) is 0 Å². The standard InChI is InChI=1S/C15H25NO4/c1-4-19-14(17)11(3)13(16-15(18)20-5-2)12-9-7-6-8-10-12/h12-13H,3-10H2,1-2H3,(H,16,18). The van der Waals surface area contributed by atoms with E-state index in [2.05, 4.69) is 11.9 Å². The maximum absolute atomic E-state index is 11.9. The first-order valence-corrected chi connectivity index (χ1v) is 7.39. The first-order chi connectivity index (χ1) is 9.60. The average molecular weight is 283 g/mol. The van der Waals surface area contributed by atoms with Crippen molar-refractivity contribution in [1.29, 1.82) is 0 Å². The van der Waals surface area contributed by atoms with Crippen molar-refractivity contribution >= 4 is 12.1 Å². The van der Waals surface area contributed by atoms with Crippen LogP contribution in [0.5, 0.6) is 0 Å². The summed E-state index contributed by atoms with van der Waals surface area (Å²) in [7, 11) is 0. The topological polar surface area (TPSA) is 64.6 Å². The molecular formula is C15H25NO4. The number of carbonyl (C=O) groups is 2. The molecule has 0 saturated heterocycles. The molecule has 1 aliphatic carbocycles. The smallest absolute Gasteiger partial charge is 0.407 e. The summed E-state index contributed by atoms with van der Waals surface area (Å²) in [6.45, 7) is 7.91. The van der Waals surface area contributed by atoms with Crippen LogP contribution < -0.4 is 5.32 Å². The van der Waals surface area contributed by atoms with Gasteiger partial charge in [-0.2, -0.15) is 0 Å². The summed E-state index contributed by atoms with van der Waals surface area (Å²) in [5.41, 5.74) is 0.312. The van der Waals surface area contributed by atoms with Crippen LogP contribution in [0, 0.1) is 5.92 Å². The number of esters is 1. The van der Waals surface area contributed by atoms with Crippen LogP contribution in [0.15, 0.2) is 12.2 Å². The maximum atomic E-state index is 11.9. The van der Waals surface area contributed by atoms with Gasteiger partial charge in [-0.25, -0.2) is 9.59 Å². The monoisotopic (exact) mass is 283 g/mol. The molecule has 20 heavy (non-hydrogen) atoms. The summed E-state index contributed by atoms with van der Waals surface area (Å²) >= 11 is 0. The predicted octanol–water partition coefficient (Wildman–Crippen LogP) is 2.80. The van der Waals surface area contributed by atoms with Crippen molar-refractivity contribution in [2.24, 2.45) is 5.92 Å². The van der Waals surface area contributed by atoms with Crippen LogP contribution in [-0.2, 0) is 14.3 Å². The van der Waals surface area contributed by atoms with Gasteiger partial charge in [-0.15, -0.1) is 0 Å². The molecule has 0 aliphatic heterocycles. The zero-order valence-electron chi connectivity index (χ0n) is 12.4. The summed E-state index contributed by atoms with van der Waals surface area (Å²) in [4.78, 5) is 23.5. The summed E-state index contributed by atoms with van der Waals surface area (Å²) in [5.74, 6) is -0.218. The van der Waals surface area contributed by atoms with Crippen LogP contribution in [0.4, 0.5) is 4.79 Å². The Bertz CT molecular complexity index is 348. The Hall–Kier alpha value is -1.52. The maximum Gasteiger partial charge on any atom is 0.407 e. The largest absolute Gasteiger partial charge is 0.463 e. The lowest BCUT2D eigenvalue weighted by atomic mass is 9.81. The van der Waals surface area contributed by atoms with E-state index in [4.69, 9.17) is 9.47 Å². The van der Waals surface area contributed by atoms with Crippen LogP contribution in [-0.4, -0.2) is 31.3 Å². The molecule has 0 spiro atoms. The van der Waals surface area contributed by atoms with E-state index in [1.165, 1.54) is 6.42 Å². The third-order valence-corrected chi connectivity index (χ3v) is 3.58. The van der Waals surface area contributed by atoms with Crippen LogP contribution in [0.2, 0.25) is 0 Å². The van der Waals surface area contributed by atoms with Crippen LogP contribution in [0.25, 0.3) is 0 Å². The first-order valence-electron chi connectivity index (χ1n) is 7.39. The normalized spacial score (nSPS) is 17.1. The molecule has 1 rings (SSSR count). The molecule has 0 aromatic rings. The summed E-state index contributed by atoms with van der Waals surface area (Å²) in [6, 6.07) is -0.395. The fourth-order valence-corrected chi connectivity index (χ4v) is 2.61. The van der Waals surface area contributed by atoms with Gasteiger partial charge in [0.05, 0.1) is 24.8 Å². The summed E-state index contributed by atoms with van der Waals surface area (Å²) in [6.07, 6.45) is 4.89. The van der Waals surface area contributed by atoms with Gasteiger partial charge in [0.15, 0.2) is 0 Å². The first kappa shape index (κ1) is 16.5. The predicted molar refractivity (Wildman–Crippen MR) is 76.3 cm³/mol. The number of amides is 1. The Morgan fingerprint density at radius 3 is 2.30 bits per heavy atom. The molecule has 1 N–H and O–H groups in total. The fourth-order valence-electron chi connectivity index (χ4n) is 2.61. The number of nitrogens with one attached hydrogen (secondary N) is 1. The third-order valence-electron chi connectivity index (χ3n) is 3.58. The summed E-state index contributed by atoms with van der Waals surface area (Å²) < 4.78 is 9.90. The van der Waals surface area contributed by atoms with E-state index in [0.29, 0.717) is 18.8 Å². The minimum atomic E-state index is -0.506. The molecular weight excluding hydrogens is 258 g/mol. The van der Waals surface area contributed by atoms with Crippen molar-refractivity contribution in [2.45, 2.75) is 52.0 Å². The van der Waals surface area contributed by atoms with Crippen molar-refractivity contribution in [1.82, 2.24) is 5.32 Å². The highest BCUT2D eigenvalue weighted by Crippen LogP contribution is 2.29. The Balaban J connectivity index is 2.74. The molecule has 0 bridgehead atoms. The lowest BCUT2D eigenvalue weighted by molar-refractivity contribution is -0.139. The zero-order chi connectivity index (χ0) is 15.0. The number of carbonyl (C=O) groups excluding carboxylic acids is 2. The SMILES string of the molecule is C=C(C(=O)OCC)C(NC(=O)OCC)C1CCCCC1. The minimum Gasteiger partial charge on any atom is -0.463 e. The highest BCUT2D eigenvalue weighted by molar-refractivity contribution is 5.90. The van der Waals surface area contributed by atoms with Crippen LogP contribution in [0.3, 0.4) is 0 Å². The van der Waals surface area contributed by atoms with Gasteiger partial charge >= 0.3 is 12.1 Å². The number of ether oxygens (including phenoxy) is 2. The van der Waals surface area contributed by atoms with Gasteiger partial charge in [0.2, 0.25) is 0 Å². The van der Waals surface area contributed by atoms with Crippen molar-refractivity contribution in [2.75, 3.05) is 13.2 Å². The molecule has 0 radical (unpaired) electrons. The van der Waals surface area contributed by atoms with E-state index in [0.717, 1.165) is 25.7 Å². The van der Waals surface area contributed by atoms with Gasteiger partial charge in [-0.05, 0) is 32.6 Å². The van der Waals surface area contributed by atoms with Gasteiger partial charge in [0, 0.05) is 0 Å². The number of rotatable bonds is 6. The fraction of sp³-hybridized carbons (Fsp3) is 0.733. The molecule has 1 fully saturated rings. The van der Waals surface area contributed by atoms with E-state index in [1.54, 1.807) is 13.8 Å². The van der Waals surface area contributed by atoms with E-state index in [-0.39, 0.29) is 5.92 Å². The molecule has 5 heteroatoms. The van der Waals surface area contributed by atoms with E-state index < -0.39 is 18.1 Å². The van der Waals surface area contributed by atoms with E-state index in [9.17, 15) is 9.59 Å². The molecule has 114 valence electrons. The second-order valence-electron chi connectivity index (χ2n) is 4.99. The highest BCUT2D eigenvalue weighted by atomic mass is 16.5. The number of hydrogen-bond donors (Lipinski definition) is 1. The van der Waals surface area contributed by atoms with E-state index in [1.807, 2.05) is 0 Å². The van der Waals surface area contributed by atoms with E-state index >= 15 is 0 Å². The number of hydrogen-bond acceptors (Lipinski definition) is 4. The quantitative estimate of drug-likeness (QED) is 0.601. The van der Waals surface area contributed by atoms with Gasteiger partial charge < -0.3 is 14.8 Å². The number of alkyl carbamates (subject to hydrolysis) is 1. The Labute approximate surface area is 120 Å². The second-order valence-corrected chi connectivity index (χ2v) is 4.99. The molecule has 0 aromatic carbocycles. The van der Waals surface area contributed by atoms with Crippen molar-refractivity contribution < 1.29 is 19.1 Å². The summed E-state index contributed by atoms with van der Waals surface area (Å²) in [5, 5.41) is 2.77. The van der Waals surface area contributed by atoms with Gasteiger partial charge in [-0.3, -0.25) is 0 Å². The van der Waals surface area contributed by atoms with Crippen molar-refractivity contribution in [3.8, 4) is 0 Å². The minimum absolute atomic E-state index is 0.227. The Kier molecular flexibility index (Phi) is 7.12. The lowest BCUT2D eigenvalue weighted by Crippen LogP contribution is -2.44. The Morgan fingerprint density at radius 2 is 1.75 bits per heavy atom. The second kappa shape index (κ2) is 8.61. The molecule has 1 atom stereocenters. The molecule has 1 amide bonds. The molecule has 5 nitrogen and oxygen atoms in total. The zero-order valence-corrected chi connectivity index (χ0v) is 12.4. The molecule has 0 heterocycles. The van der Waals surface area contributed by atoms with Crippen molar-refractivity contribution in [3.63, 3.8) is 0 Å². The molecule has 1 saturated carbocycles. The third kappa shape index (κ3) is 4.87. The molecule has 1 unspecified atom stereocenters. The highest BCUT2D eigenvalue weighted by Gasteiger charge is 2.31. The molecule has 0 aromatic heterocycles. The van der Waals surface area contributed by atoms with Crippen molar-refractivity contribution in [3.05, 3.63) is 12.2 Å².